The fourth-order valence-corrected chi connectivity index (χ4v) is 1.29. The number of hydrogen-bond acceptors (Lipinski definition) is 4. The normalized spacial score (nSPS) is 12.8. The zero-order valence-electron chi connectivity index (χ0n) is 9.10. The minimum Gasteiger partial charge on any atom is -0.366 e. The van der Waals surface area contributed by atoms with Crippen LogP contribution in [0, 0.1) is 0 Å². The van der Waals surface area contributed by atoms with Gasteiger partial charge in [-0.15, -0.1) is 0 Å². The molecule has 15 heavy (non-hydrogen) atoms. The van der Waals surface area contributed by atoms with E-state index in [0.29, 0.717) is 5.56 Å². The average molecular weight is 209 g/mol. The Bertz CT molecular complexity index is 335. The van der Waals surface area contributed by atoms with E-state index in [-0.39, 0.29) is 6.23 Å². The van der Waals surface area contributed by atoms with Gasteiger partial charge in [0.05, 0.1) is 11.3 Å². The molecule has 0 aliphatic rings. The molecular formula is C10H15N3O2. The van der Waals surface area contributed by atoms with Crippen LogP contribution in [0.1, 0.15) is 22.3 Å². The molecule has 0 aromatic carbocycles. The molecule has 82 valence electrons. The molecule has 1 aromatic heterocycles. The van der Waals surface area contributed by atoms with E-state index in [2.05, 4.69) is 4.98 Å². The Morgan fingerprint density at radius 2 is 2.20 bits per heavy atom. The first-order valence-electron chi connectivity index (χ1n) is 4.51. The maximum Gasteiger partial charge on any atom is 0.250 e. The van der Waals surface area contributed by atoms with Gasteiger partial charge in [-0.1, -0.05) is 0 Å². The first kappa shape index (κ1) is 11.6. The maximum atomic E-state index is 10.8. The average Bonchev–Trinajstić information content (AvgIpc) is 2.19. The molecule has 0 aliphatic carbocycles. The molecule has 0 radical (unpaired) electrons. The summed E-state index contributed by atoms with van der Waals surface area (Å²) in [6, 6.07) is 3.37. The summed E-state index contributed by atoms with van der Waals surface area (Å²) < 4.78 is 5.25. The number of amides is 1. The molecule has 2 N–H and O–H groups in total. The van der Waals surface area contributed by atoms with Crippen molar-refractivity contribution >= 4 is 5.91 Å². The summed E-state index contributed by atoms with van der Waals surface area (Å²) in [5, 5.41) is 0. The van der Waals surface area contributed by atoms with Crippen molar-refractivity contribution in [3.05, 3.63) is 29.6 Å². The number of methoxy groups -OCH3 is 1. The van der Waals surface area contributed by atoms with Gasteiger partial charge in [0.25, 0.3) is 0 Å². The zero-order valence-corrected chi connectivity index (χ0v) is 9.10. The maximum absolute atomic E-state index is 10.8. The van der Waals surface area contributed by atoms with Gasteiger partial charge in [-0.05, 0) is 26.2 Å². The van der Waals surface area contributed by atoms with Crippen molar-refractivity contribution in [2.24, 2.45) is 5.73 Å². The van der Waals surface area contributed by atoms with E-state index in [1.54, 1.807) is 19.2 Å². The lowest BCUT2D eigenvalue weighted by atomic mass is 10.2. The SMILES string of the molecule is COC(c1ccc(C(N)=O)cn1)N(C)C. The number of hydrogen-bond donors (Lipinski definition) is 1. The summed E-state index contributed by atoms with van der Waals surface area (Å²) in [4.78, 5) is 16.8. The highest BCUT2D eigenvalue weighted by Gasteiger charge is 2.14. The van der Waals surface area contributed by atoms with Crippen molar-refractivity contribution in [2.45, 2.75) is 6.23 Å². The van der Waals surface area contributed by atoms with E-state index < -0.39 is 5.91 Å². The topological polar surface area (TPSA) is 68.5 Å². The lowest BCUT2D eigenvalue weighted by molar-refractivity contribution is -0.00856. The predicted octanol–water partition coefficient (Wildman–Crippen LogP) is 0.387. The Hall–Kier alpha value is -1.46. The highest BCUT2D eigenvalue weighted by Crippen LogP contribution is 2.16. The predicted molar refractivity (Wildman–Crippen MR) is 56.2 cm³/mol. The number of ether oxygens (including phenoxy) is 1. The van der Waals surface area contributed by atoms with E-state index in [1.165, 1.54) is 6.20 Å². The summed E-state index contributed by atoms with van der Waals surface area (Å²) in [7, 11) is 5.38. The van der Waals surface area contributed by atoms with Gasteiger partial charge in [0.15, 0.2) is 6.23 Å². The summed E-state index contributed by atoms with van der Waals surface area (Å²) >= 11 is 0. The van der Waals surface area contributed by atoms with E-state index in [1.807, 2.05) is 19.0 Å². The Morgan fingerprint density at radius 1 is 1.53 bits per heavy atom. The van der Waals surface area contributed by atoms with Crippen LogP contribution >= 0.6 is 0 Å². The standard InChI is InChI=1S/C10H15N3O2/c1-13(2)10(15-3)8-5-4-7(6-12-8)9(11)14/h4-6,10H,1-3H3,(H2,11,14). The van der Waals surface area contributed by atoms with Crippen molar-refractivity contribution in [1.29, 1.82) is 0 Å². The molecule has 0 aliphatic heterocycles. The molecule has 5 heteroatoms. The summed E-state index contributed by atoms with van der Waals surface area (Å²) in [6.07, 6.45) is 1.24. The number of rotatable bonds is 4. The lowest BCUT2D eigenvalue weighted by Gasteiger charge is -2.21. The van der Waals surface area contributed by atoms with Crippen LogP contribution in [-0.4, -0.2) is 37.0 Å². The van der Waals surface area contributed by atoms with Gasteiger partial charge in [0.1, 0.15) is 0 Å². The third-order valence-corrected chi connectivity index (χ3v) is 2.02. The van der Waals surface area contributed by atoms with Crippen LogP contribution in [0.4, 0.5) is 0 Å². The van der Waals surface area contributed by atoms with E-state index in [4.69, 9.17) is 10.5 Å². The fraction of sp³-hybridized carbons (Fsp3) is 0.400. The third-order valence-electron chi connectivity index (χ3n) is 2.02. The molecule has 0 saturated heterocycles. The Morgan fingerprint density at radius 3 is 2.53 bits per heavy atom. The molecule has 5 nitrogen and oxygen atoms in total. The van der Waals surface area contributed by atoms with Gasteiger partial charge >= 0.3 is 0 Å². The fourth-order valence-electron chi connectivity index (χ4n) is 1.29. The lowest BCUT2D eigenvalue weighted by Crippen LogP contribution is -2.22. The van der Waals surface area contributed by atoms with Gasteiger partial charge in [-0.3, -0.25) is 14.7 Å². The van der Waals surface area contributed by atoms with E-state index in [0.717, 1.165) is 5.69 Å². The van der Waals surface area contributed by atoms with Crippen LogP contribution in [0.25, 0.3) is 0 Å². The number of pyridine rings is 1. The second-order valence-electron chi connectivity index (χ2n) is 3.39. The highest BCUT2D eigenvalue weighted by atomic mass is 16.5. The minimum atomic E-state index is -0.479. The van der Waals surface area contributed by atoms with Crippen molar-refractivity contribution in [3.63, 3.8) is 0 Å². The minimum absolute atomic E-state index is 0.216. The highest BCUT2D eigenvalue weighted by molar-refractivity contribution is 5.92. The summed E-state index contributed by atoms with van der Waals surface area (Å²) in [6.45, 7) is 0. The molecule has 1 atom stereocenters. The van der Waals surface area contributed by atoms with Crippen LogP contribution in [0.5, 0.6) is 0 Å². The van der Waals surface area contributed by atoms with E-state index in [9.17, 15) is 4.79 Å². The largest absolute Gasteiger partial charge is 0.366 e. The van der Waals surface area contributed by atoms with Gasteiger partial charge in [0.2, 0.25) is 5.91 Å². The molecule has 0 bridgehead atoms. The Balaban J connectivity index is 2.92. The van der Waals surface area contributed by atoms with Gasteiger partial charge < -0.3 is 10.5 Å². The molecule has 0 fully saturated rings. The van der Waals surface area contributed by atoms with Crippen LogP contribution in [0.2, 0.25) is 0 Å². The molecule has 0 saturated carbocycles. The first-order valence-corrected chi connectivity index (χ1v) is 4.51. The molecule has 1 heterocycles. The number of carbonyl (C=O) groups is 1. The van der Waals surface area contributed by atoms with Crippen LogP contribution in [0.3, 0.4) is 0 Å². The smallest absolute Gasteiger partial charge is 0.250 e. The molecule has 0 spiro atoms. The van der Waals surface area contributed by atoms with Crippen LogP contribution in [0.15, 0.2) is 18.3 Å². The van der Waals surface area contributed by atoms with Crippen LogP contribution in [-0.2, 0) is 4.74 Å². The van der Waals surface area contributed by atoms with Gasteiger partial charge in [-0.25, -0.2) is 0 Å². The molecule has 1 amide bonds. The molecule has 1 aromatic rings. The summed E-state index contributed by atoms with van der Waals surface area (Å²) in [5.41, 5.74) is 6.25. The zero-order chi connectivity index (χ0) is 11.4. The molecular weight excluding hydrogens is 194 g/mol. The van der Waals surface area contributed by atoms with Crippen molar-refractivity contribution in [3.8, 4) is 0 Å². The Labute approximate surface area is 88.9 Å². The second kappa shape index (κ2) is 4.86. The van der Waals surface area contributed by atoms with Gasteiger partial charge in [0, 0.05) is 13.3 Å². The van der Waals surface area contributed by atoms with Gasteiger partial charge in [-0.2, -0.15) is 0 Å². The summed E-state index contributed by atoms with van der Waals surface area (Å²) in [5.74, 6) is -0.479. The Kier molecular flexibility index (Phi) is 3.76. The number of aromatic nitrogens is 1. The van der Waals surface area contributed by atoms with Crippen molar-refractivity contribution in [2.75, 3.05) is 21.2 Å². The number of primary amides is 1. The molecule has 1 unspecified atom stereocenters. The first-order chi connectivity index (χ1) is 7.06. The third kappa shape index (κ3) is 2.74. The van der Waals surface area contributed by atoms with Crippen molar-refractivity contribution in [1.82, 2.24) is 9.88 Å². The van der Waals surface area contributed by atoms with Crippen molar-refractivity contribution < 1.29 is 9.53 Å². The quantitative estimate of drug-likeness (QED) is 0.728. The van der Waals surface area contributed by atoms with Crippen LogP contribution < -0.4 is 5.73 Å². The molecule has 1 rings (SSSR count). The number of nitrogens with two attached hydrogens (primary N) is 1. The number of nitrogens with zero attached hydrogens (tertiary/aromatic N) is 2. The monoisotopic (exact) mass is 209 g/mol. The number of carbonyl (C=O) groups excluding carboxylic acids is 1. The second-order valence-corrected chi connectivity index (χ2v) is 3.39. The van der Waals surface area contributed by atoms with E-state index >= 15 is 0 Å².